The van der Waals surface area contributed by atoms with Crippen molar-refractivity contribution in [2.24, 2.45) is 5.41 Å². The van der Waals surface area contributed by atoms with E-state index in [0.29, 0.717) is 23.2 Å². The molecule has 2 amide bonds. The van der Waals surface area contributed by atoms with Crippen LogP contribution in [0.5, 0.6) is 0 Å². The van der Waals surface area contributed by atoms with E-state index in [9.17, 15) is 14.9 Å². The number of para-hydroxylation sites is 1. The minimum absolute atomic E-state index is 0.0188. The molecule has 1 unspecified atom stereocenters. The largest absolute Gasteiger partial charge is 0.368 e. The molecule has 1 saturated heterocycles. The molecule has 0 aromatic heterocycles. The lowest BCUT2D eigenvalue weighted by Gasteiger charge is -2.41. The number of nitrogens with one attached hydrogen (secondary N) is 2. The molecule has 0 aliphatic carbocycles. The number of rotatable bonds is 4. The van der Waals surface area contributed by atoms with Gasteiger partial charge < -0.3 is 15.5 Å². The SMILES string of the molecule is CC(C)(C)CNC(=O)c1ccc(N2CCN(C3c4ccccc4NC(=O)c4ccccc43)CC2)c(C#N)c1. The molecule has 0 radical (unpaired) electrons. The summed E-state index contributed by atoms with van der Waals surface area (Å²) >= 11 is 0. The summed E-state index contributed by atoms with van der Waals surface area (Å²) in [6.07, 6.45) is 0. The van der Waals surface area contributed by atoms with Gasteiger partial charge in [0.1, 0.15) is 6.07 Å². The van der Waals surface area contributed by atoms with E-state index >= 15 is 0 Å². The summed E-state index contributed by atoms with van der Waals surface area (Å²) in [6.45, 7) is 9.75. The van der Waals surface area contributed by atoms with Crippen molar-refractivity contribution in [1.29, 1.82) is 5.26 Å². The number of hydrogen-bond acceptors (Lipinski definition) is 5. The van der Waals surface area contributed by atoms with E-state index in [2.05, 4.69) is 53.3 Å². The number of carbonyl (C=O) groups excluding carboxylic acids is 2. The van der Waals surface area contributed by atoms with E-state index in [1.807, 2.05) is 48.5 Å². The van der Waals surface area contributed by atoms with Crippen LogP contribution in [0.2, 0.25) is 0 Å². The van der Waals surface area contributed by atoms with Crippen LogP contribution in [0.1, 0.15) is 64.2 Å². The predicted molar refractivity (Wildman–Crippen MR) is 149 cm³/mol. The van der Waals surface area contributed by atoms with E-state index in [0.717, 1.165) is 48.7 Å². The molecule has 0 spiro atoms. The number of amides is 2. The van der Waals surface area contributed by atoms with Crippen molar-refractivity contribution in [2.45, 2.75) is 26.8 Å². The smallest absolute Gasteiger partial charge is 0.256 e. The first-order chi connectivity index (χ1) is 18.2. The molecule has 2 aliphatic heterocycles. The Balaban J connectivity index is 1.36. The number of piperazine rings is 1. The van der Waals surface area contributed by atoms with Crippen molar-refractivity contribution in [3.8, 4) is 6.07 Å². The van der Waals surface area contributed by atoms with Gasteiger partial charge in [0, 0.05) is 49.5 Å². The molecule has 0 bridgehead atoms. The van der Waals surface area contributed by atoms with Crippen LogP contribution in [0.4, 0.5) is 11.4 Å². The normalized spacial score (nSPS) is 17.5. The van der Waals surface area contributed by atoms with E-state index in [4.69, 9.17) is 0 Å². The highest BCUT2D eigenvalue weighted by Gasteiger charge is 2.33. The molecule has 2 N–H and O–H groups in total. The second-order valence-electron chi connectivity index (χ2n) is 11.1. The molecule has 2 aliphatic rings. The number of anilines is 2. The van der Waals surface area contributed by atoms with Gasteiger partial charge in [-0.05, 0) is 46.9 Å². The topological polar surface area (TPSA) is 88.5 Å². The van der Waals surface area contributed by atoms with E-state index in [1.54, 1.807) is 12.1 Å². The van der Waals surface area contributed by atoms with Crippen LogP contribution in [0.25, 0.3) is 0 Å². The monoisotopic (exact) mass is 507 g/mol. The zero-order valence-electron chi connectivity index (χ0n) is 22.1. The fourth-order valence-corrected chi connectivity index (χ4v) is 5.25. The number of nitrogens with zero attached hydrogens (tertiary/aromatic N) is 3. The van der Waals surface area contributed by atoms with Crippen LogP contribution < -0.4 is 15.5 Å². The molecule has 3 aromatic rings. The lowest BCUT2D eigenvalue weighted by Crippen LogP contribution is -2.48. The van der Waals surface area contributed by atoms with Gasteiger partial charge in [0.15, 0.2) is 0 Å². The fraction of sp³-hybridized carbons (Fsp3) is 0.323. The molecule has 5 rings (SSSR count). The van der Waals surface area contributed by atoms with Crippen molar-refractivity contribution in [1.82, 2.24) is 10.2 Å². The molecular weight excluding hydrogens is 474 g/mol. The van der Waals surface area contributed by atoms with Crippen LogP contribution >= 0.6 is 0 Å². The second-order valence-corrected chi connectivity index (χ2v) is 11.1. The van der Waals surface area contributed by atoms with E-state index < -0.39 is 0 Å². The van der Waals surface area contributed by atoms with Crippen molar-refractivity contribution in [3.05, 3.63) is 94.5 Å². The van der Waals surface area contributed by atoms with Crippen molar-refractivity contribution < 1.29 is 9.59 Å². The van der Waals surface area contributed by atoms with Crippen LogP contribution in [0.3, 0.4) is 0 Å². The van der Waals surface area contributed by atoms with E-state index in [-0.39, 0.29) is 23.3 Å². The Morgan fingerprint density at radius 3 is 2.39 bits per heavy atom. The molecule has 38 heavy (non-hydrogen) atoms. The third-order valence-corrected chi connectivity index (χ3v) is 7.18. The standard InChI is InChI=1S/C31H33N5O2/c1-31(2,3)20-33-29(37)21-12-13-27(22(18-21)19-32)35-14-16-36(17-15-35)28-23-8-4-5-9-24(23)30(38)34-26-11-7-6-10-25(26)28/h4-13,18,28H,14-17,20H2,1-3H3,(H,33,37)(H,34,38). The van der Waals surface area contributed by atoms with Crippen LogP contribution in [0, 0.1) is 16.7 Å². The van der Waals surface area contributed by atoms with Crippen molar-refractivity contribution >= 4 is 23.2 Å². The summed E-state index contributed by atoms with van der Waals surface area (Å²) in [5.74, 6) is -0.249. The van der Waals surface area contributed by atoms with Gasteiger partial charge in [0.05, 0.1) is 17.3 Å². The average Bonchev–Trinajstić information content (AvgIpc) is 3.05. The van der Waals surface area contributed by atoms with Gasteiger partial charge >= 0.3 is 0 Å². The van der Waals surface area contributed by atoms with Gasteiger partial charge in [-0.25, -0.2) is 0 Å². The van der Waals surface area contributed by atoms with Crippen LogP contribution in [-0.2, 0) is 0 Å². The highest BCUT2D eigenvalue weighted by molar-refractivity contribution is 6.07. The second kappa shape index (κ2) is 10.3. The Labute approximate surface area is 224 Å². The Hall–Kier alpha value is -4.15. The Kier molecular flexibility index (Phi) is 6.92. The molecule has 194 valence electrons. The number of hydrogen-bond donors (Lipinski definition) is 2. The summed E-state index contributed by atoms with van der Waals surface area (Å²) in [4.78, 5) is 30.2. The first-order valence-electron chi connectivity index (χ1n) is 13.1. The van der Waals surface area contributed by atoms with Crippen molar-refractivity contribution in [3.63, 3.8) is 0 Å². The third-order valence-electron chi connectivity index (χ3n) is 7.18. The first-order valence-corrected chi connectivity index (χ1v) is 13.1. The number of carbonyl (C=O) groups is 2. The molecule has 0 saturated carbocycles. The maximum Gasteiger partial charge on any atom is 0.256 e. The van der Waals surface area contributed by atoms with Gasteiger partial charge in [-0.2, -0.15) is 5.26 Å². The Morgan fingerprint density at radius 1 is 1.00 bits per heavy atom. The molecule has 1 atom stereocenters. The maximum atomic E-state index is 13.0. The highest BCUT2D eigenvalue weighted by Crippen LogP contribution is 2.39. The minimum Gasteiger partial charge on any atom is -0.368 e. The van der Waals surface area contributed by atoms with Gasteiger partial charge in [0.2, 0.25) is 0 Å². The van der Waals surface area contributed by atoms with Crippen LogP contribution in [-0.4, -0.2) is 49.4 Å². The minimum atomic E-state index is -0.165. The zero-order valence-corrected chi connectivity index (χ0v) is 22.1. The predicted octanol–water partition coefficient (Wildman–Crippen LogP) is 4.81. The summed E-state index contributed by atoms with van der Waals surface area (Å²) < 4.78 is 0. The lowest BCUT2D eigenvalue weighted by molar-refractivity contribution is 0.0938. The Bertz CT molecular complexity index is 1410. The van der Waals surface area contributed by atoms with Crippen molar-refractivity contribution in [2.75, 3.05) is 42.9 Å². The lowest BCUT2D eigenvalue weighted by atomic mass is 9.93. The molecule has 7 heteroatoms. The zero-order chi connectivity index (χ0) is 26.9. The summed E-state index contributed by atoms with van der Waals surface area (Å²) in [6, 6.07) is 23.5. The molecular formula is C31H33N5O2. The maximum absolute atomic E-state index is 13.0. The number of fused-ring (bicyclic) bond motifs is 2. The molecule has 7 nitrogen and oxygen atoms in total. The third kappa shape index (κ3) is 5.13. The Morgan fingerprint density at radius 2 is 1.68 bits per heavy atom. The number of benzene rings is 3. The molecule has 2 heterocycles. The van der Waals surface area contributed by atoms with E-state index in [1.165, 1.54) is 0 Å². The summed E-state index contributed by atoms with van der Waals surface area (Å²) in [7, 11) is 0. The highest BCUT2D eigenvalue weighted by atomic mass is 16.2. The van der Waals surface area contributed by atoms with Crippen LogP contribution in [0.15, 0.2) is 66.7 Å². The molecule has 3 aromatic carbocycles. The summed E-state index contributed by atoms with van der Waals surface area (Å²) in [5, 5.41) is 15.9. The fourth-order valence-electron chi connectivity index (χ4n) is 5.25. The summed E-state index contributed by atoms with van der Waals surface area (Å²) in [5.41, 5.74) is 5.46. The molecule has 1 fully saturated rings. The average molecular weight is 508 g/mol. The number of nitriles is 1. The van der Waals surface area contributed by atoms with Gasteiger partial charge in [0.25, 0.3) is 11.8 Å². The van der Waals surface area contributed by atoms with Gasteiger partial charge in [-0.15, -0.1) is 0 Å². The quantitative estimate of drug-likeness (QED) is 0.529. The van der Waals surface area contributed by atoms with Gasteiger partial charge in [-0.3, -0.25) is 14.5 Å². The first kappa shape index (κ1) is 25.5. The van der Waals surface area contributed by atoms with Gasteiger partial charge in [-0.1, -0.05) is 57.2 Å².